The molecular weight excluding hydrogens is 425 g/mol. The highest BCUT2D eigenvalue weighted by Gasteiger charge is 2.06. The van der Waals surface area contributed by atoms with Crippen molar-refractivity contribution in [3.05, 3.63) is 71.3 Å². The Hall–Kier alpha value is -1.60. The summed E-state index contributed by atoms with van der Waals surface area (Å²) in [6.07, 6.45) is 0. The number of nitrogens with zero attached hydrogens (tertiary/aromatic N) is 1. The maximum Gasteiger partial charge on any atom is 0.191 e. The van der Waals surface area contributed by atoms with Gasteiger partial charge in [-0.1, -0.05) is 61.5 Å². The molecule has 0 spiro atoms. The fraction of sp³-hybridized carbons (Fsp3) is 0.350. The molecule has 0 bridgehead atoms. The van der Waals surface area contributed by atoms with Crippen LogP contribution >= 0.6 is 24.0 Å². The Bertz CT molecular complexity index is 646. The largest absolute Gasteiger partial charge is 0.392 e. The molecule has 0 aromatic heterocycles. The molecule has 1 atom stereocenters. The third-order valence-electron chi connectivity index (χ3n) is 3.98. The molecule has 0 aliphatic carbocycles. The number of aliphatic hydroxyl groups excluding tert-OH is 1. The van der Waals surface area contributed by atoms with Crippen LogP contribution in [0.5, 0.6) is 0 Å². The summed E-state index contributed by atoms with van der Waals surface area (Å²) in [5.41, 5.74) is 3.29. The van der Waals surface area contributed by atoms with Crippen LogP contribution in [0.25, 0.3) is 0 Å². The van der Waals surface area contributed by atoms with Crippen molar-refractivity contribution in [3.8, 4) is 0 Å². The van der Waals surface area contributed by atoms with Crippen molar-refractivity contribution < 1.29 is 5.11 Å². The van der Waals surface area contributed by atoms with Crippen molar-refractivity contribution in [2.75, 3.05) is 13.1 Å². The summed E-state index contributed by atoms with van der Waals surface area (Å²) in [6.45, 7) is 6.48. The van der Waals surface area contributed by atoms with Crippen LogP contribution in [0.15, 0.2) is 59.6 Å². The van der Waals surface area contributed by atoms with Gasteiger partial charge in [0.05, 0.1) is 13.2 Å². The number of benzene rings is 2. The first-order valence-electron chi connectivity index (χ1n) is 8.49. The van der Waals surface area contributed by atoms with Gasteiger partial charge in [-0.05, 0) is 29.5 Å². The van der Waals surface area contributed by atoms with Gasteiger partial charge in [0.1, 0.15) is 0 Å². The summed E-state index contributed by atoms with van der Waals surface area (Å²) in [6, 6.07) is 18.3. The molecule has 0 saturated heterocycles. The SMILES string of the molecule is CCNC(=NCc1ccccc1CO)NCC(C)c1ccccc1.I. The van der Waals surface area contributed by atoms with Crippen molar-refractivity contribution in [2.24, 2.45) is 4.99 Å². The van der Waals surface area contributed by atoms with E-state index in [1.807, 2.05) is 30.3 Å². The molecule has 0 radical (unpaired) electrons. The molecule has 2 aromatic carbocycles. The van der Waals surface area contributed by atoms with Crippen LogP contribution in [0.3, 0.4) is 0 Å². The number of nitrogens with one attached hydrogen (secondary N) is 2. The number of rotatable bonds is 7. The van der Waals surface area contributed by atoms with E-state index in [-0.39, 0.29) is 30.6 Å². The number of hydrogen-bond donors (Lipinski definition) is 3. The van der Waals surface area contributed by atoms with Crippen LogP contribution in [0.2, 0.25) is 0 Å². The fourth-order valence-electron chi connectivity index (χ4n) is 2.52. The lowest BCUT2D eigenvalue weighted by molar-refractivity contribution is 0.280. The number of halogens is 1. The highest BCUT2D eigenvalue weighted by atomic mass is 127. The van der Waals surface area contributed by atoms with Gasteiger partial charge in [-0.15, -0.1) is 24.0 Å². The van der Waals surface area contributed by atoms with Crippen LogP contribution in [-0.2, 0) is 13.2 Å². The van der Waals surface area contributed by atoms with Crippen LogP contribution in [0.4, 0.5) is 0 Å². The van der Waals surface area contributed by atoms with E-state index < -0.39 is 0 Å². The average Bonchev–Trinajstić information content (AvgIpc) is 2.64. The minimum atomic E-state index is 0. The minimum Gasteiger partial charge on any atom is -0.392 e. The minimum absolute atomic E-state index is 0. The van der Waals surface area contributed by atoms with Crippen molar-refractivity contribution in [1.29, 1.82) is 0 Å². The van der Waals surface area contributed by atoms with Crippen molar-refractivity contribution in [3.63, 3.8) is 0 Å². The van der Waals surface area contributed by atoms with Gasteiger partial charge in [0, 0.05) is 13.1 Å². The van der Waals surface area contributed by atoms with Crippen molar-refractivity contribution >= 4 is 29.9 Å². The van der Waals surface area contributed by atoms with Gasteiger partial charge in [0.2, 0.25) is 0 Å². The number of guanidine groups is 1. The summed E-state index contributed by atoms with van der Waals surface area (Å²) in [5.74, 6) is 1.20. The smallest absolute Gasteiger partial charge is 0.191 e. The van der Waals surface area contributed by atoms with Crippen LogP contribution in [0.1, 0.15) is 36.5 Å². The molecule has 25 heavy (non-hydrogen) atoms. The number of aliphatic hydroxyl groups is 1. The van der Waals surface area contributed by atoms with Gasteiger partial charge < -0.3 is 15.7 Å². The van der Waals surface area contributed by atoms with Crippen LogP contribution < -0.4 is 10.6 Å². The molecule has 4 nitrogen and oxygen atoms in total. The molecule has 0 aliphatic heterocycles. The van der Waals surface area contributed by atoms with Crippen LogP contribution in [-0.4, -0.2) is 24.2 Å². The molecule has 136 valence electrons. The molecule has 0 aliphatic rings. The standard InChI is InChI=1S/C20H27N3O.HI/c1-3-21-20(22-13-16(2)17-9-5-4-6-10-17)23-14-18-11-7-8-12-19(18)15-24;/h4-12,16,24H,3,13-15H2,1-2H3,(H2,21,22,23);1H. The predicted molar refractivity (Wildman–Crippen MR) is 115 cm³/mol. The Morgan fingerprint density at radius 2 is 1.64 bits per heavy atom. The Morgan fingerprint density at radius 1 is 1.00 bits per heavy atom. The Labute approximate surface area is 167 Å². The zero-order valence-electron chi connectivity index (χ0n) is 14.9. The summed E-state index contributed by atoms with van der Waals surface area (Å²) >= 11 is 0. The van der Waals surface area contributed by atoms with E-state index in [1.54, 1.807) is 0 Å². The first kappa shape index (κ1) is 21.4. The first-order chi connectivity index (χ1) is 11.7. The highest BCUT2D eigenvalue weighted by molar-refractivity contribution is 14.0. The van der Waals surface area contributed by atoms with E-state index in [0.717, 1.165) is 30.2 Å². The summed E-state index contributed by atoms with van der Waals surface area (Å²) < 4.78 is 0. The lowest BCUT2D eigenvalue weighted by Crippen LogP contribution is -2.39. The van der Waals surface area contributed by atoms with Gasteiger partial charge in [-0.25, -0.2) is 4.99 Å². The van der Waals surface area contributed by atoms with E-state index in [1.165, 1.54) is 5.56 Å². The molecule has 0 fully saturated rings. The Morgan fingerprint density at radius 3 is 2.28 bits per heavy atom. The van der Waals surface area contributed by atoms with E-state index in [4.69, 9.17) is 0 Å². The summed E-state index contributed by atoms with van der Waals surface area (Å²) in [4.78, 5) is 4.64. The van der Waals surface area contributed by atoms with E-state index in [9.17, 15) is 5.11 Å². The zero-order valence-corrected chi connectivity index (χ0v) is 17.2. The third-order valence-corrected chi connectivity index (χ3v) is 3.98. The molecular formula is C20H28IN3O. The maximum absolute atomic E-state index is 9.41. The fourth-order valence-corrected chi connectivity index (χ4v) is 2.52. The van der Waals surface area contributed by atoms with Gasteiger partial charge in [-0.2, -0.15) is 0 Å². The van der Waals surface area contributed by atoms with Gasteiger partial charge in [0.15, 0.2) is 5.96 Å². The molecule has 2 aromatic rings. The lowest BCUT2D eigenvalue weighted by Gasteiger charge is -2.16. The summed E-state index contributed by atoms with van der Waals surface area (Å²) in [5, 5.41) is 16.1. The summed E-state index contributed by atoms with van der Waals surface area (Å²) in [7, 11) is 0. The third kappa shape index (κ3) is 7.04. The monoisotopic (exact) mass is 453 g/mol. The molecule has 5 heteroatoms. The molecule has 2 rings (SSSR count). The molecule has 1 unspecified atom stereocenters. The normalized spacial score (nSPS) is 12.2. The van der Waals surface area contributed by atoms with Crippen molar-refractivity contribution in [2.45, 2.75) is 32.9 Å². The molecule has 0 heterocycles. The van der Waals surface area contributed by atoms with Crippen LogP contribution in [0, 0.1) is 0 Å². The first-order valence-corrected chi connectivity index (χ1v) is 8.49. The van der Waals surface area contributed by atoms with Gasteiger partial charge in [-0.3, -0.25) is 0 Å². The number of hydrogen-bond acceptors (Lipinski definition) is 2. The van der Waals surface area contributed by atoms with E-state index in [0.29, 0.717) is 12.5 Å². The average molecular weight is 453 g/mol. The molecule has 3 N–H and O–H groups in total. The second kappa shape index (κ2) is 11.9. The van der Waals surface area contributed by atoms with Gasteiger partial charge >= 0.3 is 0 Å². The molecule has 0 amide bonds. The predicted octanol–water partition coefficient (Wildman–Crippen LogP) is 3.66. The Kier molecular flexibility index (Phi) is 10.2. The Balaban J connectivity index is 0.00000312. The van der Waals surface area contributed by atoms with Gasteiger partial charge in [0.25, 0.3) is 0 Å². The second-order valence-corrected chi connectivity index (χ2v) is 5.81. The maximum atomic E-state index is 9.41. The quantitative estimate of drug-likeness (QED) is 0.341. The number of aliphatic imine (C=N–C) groups is 1. The molecule has 0 saturated carbocycles. The topological polar surface area (TPSA) is 56.7 Å². The zero-order chi connectivity index (χ0) is 17.2. The second-order valence-electron chi connectivity index (χ2n) is 5.81. The van der Waals surface area contributed by atoms with Crippen molar-refractivity contribution in [1.82, 2.24) is 10.6 Å². The van der Waals surface area contributed by atoms with E-state index in [2.05, 4.69) is 53.7 Å². The lowest BCUT2D eigenvalue weighted by atomic mass is 10.0. The van der Waals surface area contributed by atoms with E-state index >= 15 is 0 Å². The highest BCUT2D eigenvalue weighted by Crippen LogP contribution is 2.13.